The Morgan fingerprint density at radius 3 is 1.36 bits per heavy atom. The highest BCUT2D eigenvalue weighted by atomic mass is 32.2. The molecule has 0 aliphatic carbocycles. The molecular formula is C17H16O6S2. The first kappa shape index (κ1) is 19.1. The molecule has 6 nitrogen and oxygen atoms in total. The van der Waals surface area contributed by atoms with Crippen LogP contribution in [-0.2, 0) is 28.6 Å². The lowest BCUT2D eigenvalue weighted by atomic mass is 10.2. The maximum atomic E-state index is 11.7. The summed E-state index contributed by atoms with van der Waals surface area (Å²) in [6.45, 7) is -0.942. The second-order valence-corrected chi connectivity index (χ2v) is 7.75. The van der Waals surface area contributed by atoms with Crippen LogP contribution in [-0.4, -0.2) is 23.6 Å². The van der Waals surface area contributed by atoms with Crippen molar-refractivity contribution in [2.45, 2.75) is 0 Å². The molecule has 2 aromatic rings. The van der Waals surface area contributed by atoms with Crippen LogP contribution >= 0.6 is 0 Å². The normalized spacial score (nSPS) is 12.8. The quantitative estimate of drug-likeness (QED) is 0.517. The Morgan fingerprint density at radius 1 is 0.640 bits per heavy atom. The average Bonchev–Trinajstić information content (AvgIpc) is 2.60. The van der Waals surface area contributed by atoms with Gasteiger partial charge in [-0.3, -0.25) is 0 Å². The number of rotatable bonds is 8. The predicted molar refractivity (Wildman–Crippen MR) is 95.8 cm³/mol. The van der Waals surface area contributed by atoms with E-state index in [0.29, 0.717) is 11.1 Å². The molecule has 0 aliphatic heterocycles. The van der Waals surface area contributed by atoms with E-state index in [4.69, 9.17) is 0 Å². The second-order valence-electron chi connectivity index (χ2n) is 4.77. The van der Waals surface area contributed by atoms with E-state index in [1.54, 1.807) is 60.7 Å². The van der Waals surface area contributed by atoms with E-state index in [1.807, 2.05) is 0 Å². The van der Waals surface area contributed by atoms with Crippen molar-refractivity contribution in [3.63, 3.8) is 0 Å². The van der Waals surface area contributed by atoms with Gasteiger partial charge in [-0.15, -0.1) is 0 Å². The van der Waals surface area contributed by atoms with Crippen molar-refractivity contribution in [3.8, 4) is 0 Å². The molecule has 25 heavy (non-hydrogen) atoms. The van der Waals surface area contributed by atoms with Gasteiger partial charge >= 0.3 is 0 Å². The molecule has 0 bridgehead atoms. The molecule has 0 aliphatic rings. The first-order valence-electron chi connectivity index (χ1n) is 7.11. The van der Waals surface area contributed by atoms with Crippen LogP contribution in [0.15, 0.2) is 71.5 Å². The molecule has 0 spiro atoms. The van der Waals surface area contributed by atoms with Gasteiger partial charge in [0.05, 0.1) is 10.8 Å². The minimum absolute atomic E-state index is 0.661. The van der Waals surface area contributed by atoms with E-state index < -0.39 is 27.0 Å². The Morgan fingerprint density at radius 2 is 1.00 bits per heavy atom. The molecule has 0 saturated heterocycles. The zero-order chi connectivity index (χ0) is 18.2. The van der Waals surface area contributed by atoms with E-state index in [-0.39, 0.29) is 0 Å². The Labute approximate surface area is 147 Å². The van der Waals surface area contributed by atoms with Crippen molar-refractivity contribution in [1.82, 2.24) is 0 Å². The van der Waals surface area contributed by atoms with E-state index in [1.165, 1.54) is 12.2 Å². The van der Waals surface area contributed by atoms with Crippen LogP contribution < -0.4 is 0 Å². The molecule has 0 radical (unpaired) electrons. The van der Waals surface area contributed by atoms with Gasteiger partial charge < -0.3 is 0 Å². The van der Waals surface area contributed by atoms with Gasteiger partial charge in [0.1, 0.15) is 0 Å². The van der Waals surface area contributed by atoms with Crippen LogP contribution in [0, 0.1) is 0 Å². The summed E-state index contributed by atoms with van der Waals surface area (Å²) in [6, 6.07) is 17.4. The van der Waals surface area contributed by atoms with Gasteiger partial charge in [-0.05, 0) is 23.3 Å². The number of hydrogen-bond acceptors (Lipinski definition) is 6. The summed E-state index contributed by atoms with van der Waals surface area (Å²) in [7, 11) is -8.13. The maximum absolute atomic E-state index is 11.7. The number of hydrogen-bond donors (Lipinski definition) is 0. The van der Waals surface area contributed by atoms with Crippen LogP contribution in [0.5, 0.6) is 0 Å². The SMILES string of the molecule is O=S(=O)(C=Cc1ccccc1)OCOS(=O)(=O)C=Cc1ccccc1. The largest absolute Gasteiger partial charge is 0.292 e. The van der Waals surface area contributed by atoms with Crippen LogP contribution in [0.2, 0.25) is 0 Å². The highest BCUT2D eigenvalue weighted by molar-refractivity contribution is 7.90. The van der Waals surface area contributed by atoms with Crippen molar-refractivity contribution < 1.29 is 25.2 Å². The van der Waals surface area contributed by atoms with Crippen LogP contribution in [0.4, 0.5) is 0 Å². The average molecular weight is 380 g/mol. The first-order valence-corrected chi connectivity index (χ1v) is 10.1. The van der Waals surface area contributed by atoms with Crippen LogP contribution in [0.1, 0.15) is 11.1 Å². The zero-order valence-electron chi connectivity index (χ0n) is 13.1. The standard InChI is InChI=1S/C17H16O6S2/c18-24(19,13-11-16-7-3-1-4-8-16)22-15-23-25(20,21)14-12-17-9-5-2-6-10-17/h1-14H,15H2. The second kappa shape index (κ2) is 8.72. The van der Waals surface area contributed by atoms with E-state index in [0.717, 1.165) is 10.8 Å². The monoisotopic (exact) mass is 380 g/mol. The number of benzene rings is 2. The molecule has 2 rings (SSSR count). The fourth-order valence-corrected chi connectivity index (χ4v) is 2.91. The molecule has 132 valence electrons. The Hall–Kier alpha value is -2.26. The Balaban J connectivity index is 1.88. The molecule has 0 atom stereocenters. The first-order chi connectivity index (χ1) is 11.9. The molecule has 0 fully saturated rings. The van der Waals surface area contributed by atoms with Crippen molar-refractivity contribution in [3.05, 3.63) is 82.6 Å². The van der Waals surface area contributed by atoms with Crippen molar-refractivity contribution >= 4 is 32.4 Å². The van der Waals surface area contributed by atoms with Crippen LogP contribution in [0.3, 0.4) is 0 Å². The van der Waals surface area contributed by atoms with Crippen molar-refractivity contribution in [2.75, 3.05) is 6.79 Å². The zero-order valence-corrected chi connectivity index (χ0v) is 14.7. The molecule has 8 heteroatoms. The minimum Gasteiger partial charge on any atom is -0.237 e. The summed E-state index contributed by atoms with van der Waals surface area (Å²) < 4.78 is 55.6. The van der Waals surface area contributed by atoms with Gasteiger partial charge in [0.15, 0.2) is 6.79 Å². The molecule has 0 aromatic heterocycles. The molecule has 0 saturated carbocycles. The lowest BCUT2D eigenvalue weighted by Crippen LogP contribution is -2.10. The lowest BCUT2D eigenvalue weighted by Gasteiger charge is -2.02. The van der Waals surface area contributed by atoms with Gasteiger partial charge in [-0.2, -0.15) is 16.8 Å². The highest BCUT2D eigenvalue weighted by Crippen LogP contribution is 2.07. The van der Waals surface area contributed by atoms with E-state index >= 15 is 0 Å². The fourth-order valence-electron chi connectivity index (χ4n) is 1.68. The maximum Gasteiger partial charge on any atom is 0.292 e. The smallest absolute Gasteiger partial charge is 0.237 e. The minimum atomic E-state index is -4.06. The van der Waals surface area contributed by atoms with Gasteiger partial charge in [-0.25, -0.2) is 8.37 Å². The fraction of sp³-hybridized carbons (Fsp3) is 0.0588. The van der Waals surface area contributed by atoms with Gasteiger partial charge in [0.25, 0.3) is 20.2 Å². The molecule has 0 heterocycles. The van der Waals surface area contributed by atoms with E-state index in [9.17, 15) is 16.8 Å². The van der Waals surface area contributed by atoms with Gasteiger partial charge in [0, 0.05) is 0 Å². The highest BCUT2D eigenvalue weighted by Gasteiger charge is 2.11. The topological polar surface area (TPSA) is 86.7 Å². The summed E-state index contributed by atoms with van der Waals surface area (Å²) in [5.41, 5.74) is 1.32. The summed E-state index contributed by atoms with van der Waals surface area (Å²) in [5.74, 6) is 0. The van der Waals surface area contributed by atoms with Gasteiger partial charge in [-0.1, -0.05) is 60.7 Å². The predicted octanol–water partition coefficient (Wildman–Crippen LogP) is 2.98. The Bertz CT molecular complexity index is 852. The molecule has 0 unspecified atom stereocenters. The van der Waals surface area contributed by atoms with Gasteiger partial charge in [0.2, 0.25) is 0 Å². The third-order valence-electron chi connectivity index (χ3n) is 2.88. The third kappa shape index (κ3) is 7.44. The summed E-state index contributed by atoms with van der Waals surface area (Å²) in [6.07, 6.45) is 2.66. The van der Waals surface area contributed by atoms with Crippen molar-refractivity contribution in [2.24, 2.45) is 0 Å². The molecule has 0 N–H and O–H groups in total. The third-order valence-corrected chi connectivity index (χ3v) is 4.67. The van der Waals surface area contributed by atoms with E-state index in [2.05, 4.69) is 8.37 Å². The van der Waals surface area contributed by atoms with Crippen LogP contribution in [0.25, 0.3) is 12.2 Å². The Kier molecular flexibility index (Phi) is 6.65. The summed E-state index contributed by atoms with van der Waals surface area (Å²) in [4.78, 5) is 0. The van der Waals surface area contributed by atoms with Crippen molar-refractivity contribution in [1.29, 1.82) is 0 Å². The molecule has 0 amide bonds. The molecule has 2 aromatic carbocycles. The lowest BCUT2D eigenvalue weighted by molar-refractivity contribution is 0.136. The summed E-state index contributed by atoms with van der Waals surface area (Å²) in [5, 5.41) is 1.66. The summed E-state index contributed by atoms with van der Waals surface area (Å²) >= 11 is 0. The molecular weight excluding hydrogens is 364 g/mol.